The van der Waals surface area contributed by atoms with Crippen molar-refractivity contribution in [2.24, 2.45) is 4.99 Å². The summed E-state index contributed by atoms with van der Waals surface area (Å²) in [7, 11) is 0. The predicted molar refractivity (Wildman–Crippen MR) is 134 cm³/mol. The molecule has 0 spiro atoms. The van der Waals surface area contributed by atoms with E-state index in [0.717, 1.165) is 43.7 Å². The lowest BCUT2D eigenvalue weighted by Gasteiger charge is -2.27. The number of nitrogens with zero attached hydrogens (tertiary/aromatic N) is 5. The number of aromatic nitrogens is 3. The van der Waals surface area contributed by atoms with Crippen LogP contribution < -0.4 is 10.6 Å². The molecule has 1 atom stereocenters. The zero-order valence-electron chi connectivity index (χ0n) is 17.8. The van der Waals surface area contributed by atoms with Crippen molar-refractivity contribution in [2.75, 3.05) is 26.2 Å². The van der Waals surface area contributed by atoms with Crippen molar-refractivity contribution in [1.29, 1.82) is 0 Å². The number of guanidine groups is 1. The van der Waals surface area contributed by atoms with Gasteiger partial charge in [-0.25, -0.2) is 4.99 Å². The second-order valence-corrected chi connectivity index (χ2v) is 8.82. The van der Waals surface area contributed by atoms with Gasteiger partial charge in [0.2, 0.25) is 0 Å². The molecule has 1 unspecified atom stereocenters. The summed E-state index contributed by atoms with van der Waals surface area (Å²) in [6.45, 7) is 7.77. The van der Waals surface area contributed by atoms with Crippen molar-refractivity contribution in [1.82, 2.24) is 30.3 Å². The molecule has 0 aliphatic carbocycles. The zero-order valence-corrected chi connectivity index (χ0v) is 21.0. The molecule has 2 aromatic rings. The Balaban J connectivity index is 0.00000256. The highest BCUT2D eigenvalue weighted by Gasteiger charge is 2.24. The highest BCUT2D eigenvalue weighted by atomic mass is 127. The van der Waals surface area contributed by atoms with Crippen LogP contribution in [0.25, 0.3) is 0 Å². The van der Waals surface area contributed by atoms with Gasteiger partial charge in [-0.1, -0.05) is 12.5 Å². The first-order chi connectivity index (χ1) is 14.3. The molecular formula is C21H34IN7S. The lowest BCUT2D eigenvalue weighted by atomic mass is 10.2. The molecule has 0 radical (unpaired) electrons. The van der Waals surface area contributed by atoms with Gasteiger partial charge in [-0.05, 0) is 57.1 Å². The average molecular weight is 544 g/mol. The van der Waals surface area contributed by atoms with Gasteiger partial charge in [0, 0.05) is 30.9 Å². The predicted octanol–water partition coefficient (Wildman–Crippen LogP) is 3.58. The number of aliphatic imine (C=N–C) groups is 1. The van der Waals surface area contributed by atoms with E-state index >= 15 is 0 Å². The van der Waals surface area contributed by atoms with Crippen LogP contribution in [-0.2, 0) is 19.5 Å². The number of hydrogen-bond donors (Lipinski definition) is 2. The summed E-state index contributed by atoms with van der Waals surface area (Å²) in [6.07, 6.45) is 7.33. The molecule has 1 fully saturated rings. The number of thiophene rings is 1. The maximum absolute atomic E-state index is 4.83. The number of nitrogens with one attached hydrogen (secondary N) is 2. The van der Waals surface area contributed by atoms with Gasteiger partial charge in [-0.2, -0.15) is 0 Å². The first kappa shape index (κ1) is 23.5. The molecule has 0 bridgehead atoms. The van der Waals surface area contributed by atoms with E-state index in [1.807, 2.05) is 11.3 Å². The Morgan fingerprint density at radius 1 is 1.13 bits per heavy atom. The lowest BCUT2D eigenvalue weighted by Crippen LogP contribution is -2.42. The van der Waals surface area contributed by atoms with Crippen LogP contribution in [0.1, 0.15) is 61.6 Å². The Morgan fingerprint density at radius 2 is 1.97 bits per heavy atom. The van der Waals surface area contributed by atoms with Crippen LogP contribution in [0.4, 0.5) is 0 Å². The molecule has 2 N–H and O–H groups in total. The third-order valence-corrected chi connectivity index (χ3v) is 6.80. The Kier molecular flexibility index (Phi) is 9.38. The Labute approximate surface area is 200 Å². The highest BCUT2D eigenvalue weighted by Crippen LogP contribution is 2.27. The van der Waals surface area contributed by atoms with Crippen LogP contribution in [0.15, 0.2) is 22.5 Å². The summed E-state index contributed by atoms with van der Waals surface area (Å²) in [5.74, 6) is 2.96. The lowest BCUT2D eigenvalue weighted by molar-refractivity contribution is 0.249. The van der Waals surface area contributed by atoms with Crippen molar-refractivity contribution in [3.63, 3.8) is 0 Å². The molecule has 0 aromatic carbocycles. The summed E-state index contributed by atoms with van der Waals surface area (Å²) < 4.78 is 2.28. The fourth-order valence-corrected chi connectivity index (χ4v) is 5.15. The van der Waals surface area contributed by atoms with Crippen molar-refractivity contribution in [2.45, 2.75) is 64.6 Å². The smallest absolute Gasteiger partial charge is 0.191 e. The quantitative estimate of drug-likeness (QED) is 0.318. The third-order valence-electron chi connectivity index (χ3n) is 5.82. The molecule has 2 aromatic heterocycles. The van der Waals surface area contributed by atoms with Crippen LogP contribution in [0, 0.1) is 0 Å². The minimum absolute atomic E-state index is 0. The maximum Gasteiger partial charge on any atom is 0.191 e. The minimum atomic E-state index is 0. The van der Waals surface area contributed by atoms with Gasteiger partial charge >= 0.3 is 0 Å². The van der Waals surface area contributed by atoms with Gasteiger partial charge in [-0.15, -0.1) is 45.5 Å². The van der Waals surface area contributed by atoms with Crippen molar-refractivity contribution in [3.05, 3.63) is 34.0 Å². The fraction of sp³-hybridized carbons (Fsp3) is 0.667. The van der Waals surface area contributed by atoms with Crippen molar-refractivity contribution >= 4 is 41.3 Å². The summed E-state index contributed by atoms with van der Waals surface area (Å²) in [5, 5.41) is 18.0. The standard InChI is InChI=1S/C21H33N7S.HI/c1-2-22-21(24-16-20-26-25-19-10-4-3-5-13-28(19)20)23-15-17(18-9-8-14-29-18)27-11-6-7-12-27;/h8-9,14,17H,2-7,10-13,15-16H2,1H3,(H2,22,23,24);1H. The summed E-state index contributed by atoms with van der Waals surface area (Å²) in [4.78, 5) is 8.86. The topological polar surface area (TPSA) is 70.4 Å². The monoisotopic (exact) mass is 543 g/mol. The van der Waals surface area contributed by atoms with E-state index in [1.165, 1.54) is 50.1 Å². The van der Waals surface area contributed by atoms with Crippen LogP contribution in [-0.4, -0.2) is 51.8 Å². The van der Waals surface area contributed by atoms with Gasteiger partial charge in [0.15, 0.2) is 11.8 Å². The maximum atomic E-state index is 4.83. The second kappa shape index (κ2) is 12.0. The third kappa shape index (κ3) is 5.94. The Morgan fingerprint density at radius 3 is 2.73 bits per heavy atom. The molecule has 166 valence electrons. The largest absolute Gasteiger partial charge is 0.357 e. The van der Waals surface area contributed by atoms with Crippen LogP contribution >= 0.6 is 35.3 Å². The SMILES string of the molecule is CCNC(=NCc1nnc2n1CCCCC2)NCC(c1cccs1)N1CCCC1.I. The Bertz CT molecular complexity index is 783. The van der Waals surface area contributed by atoms with E-state index in [2.05, 4.69) is 54.7 Å². The molecule has 30 heavy (non-hydrogen) atoms. The molecule has 2 aliphatic heterocycles. The molecule has 4 heterocycles. The molecular weight excluding hydrogens is 509 g/mol. The van der Waals surface area contributed by atoms with E-state index in [-0.39, 0.29) is 24.0 Å². The van der Waals surface area contributed by atoms with Gasteiger partial charge < -0.3 is 15.2 Å². The van der Waals surface area contributed by atoms with Gasteiger partial charge in [0.1, 0.15) is 12.4 Å². The van der Waals surface area contributed by atoms with Gasteiger partial charge in [0.05, 0.1) is 6.04 Å². The first-order valence-corrected chi connectivity index (χ1v) is 11.9. The number of likely N-dealkylation sites (tertiary alicyclic amines) is 1. The average Bonchev–Trinajstić information content (AvgIpc) is 3.48. The molecule has 2 aliphatic rings. The van der Waals surface area contributed by atoms with E-state index in [4.69, 9.17) is 4.99 Å². The van der Waals surface area contributed by atoms with Gasteiger partial charge in [-0.3, -0.25) is 4.90 Å². The van der Waals surface area contributed by atoms with Crippen LogP contribution in [0.2, 0.25) is 0 Å². The summed E-state index contributed by atoms with van der Waals surface area (Å²) in [6, 6.07) is 4.82. The van der Waals surface area contributed by atoms with Crippen LogP contribution in [0.5, 0.6) is 0 Å². The van der Waals surface area contributed by atoms with E-state index in [9.17, 15) is 0 Å². The van der Waals surface area contributed by atoms with E-state index < -0.39 is 0 Å². The number of hydrogen-bond acceptors (Lipinski definition) is 5. The summed E-state index contributed by atoms with van der Waals surface area (Å²) >= 11 is 1.85. The molecule has 1 saturated heterocycles. The second-order valence-electron chi connectivity index (χ2n) is 7.85. The first-order valence-electron chi connectivity index (χ1n) is 11.1. The molecule has 7 nitrogen and oxygen atoms in total. The zero-order chi connectivity index (χ0) is 19.9. The highest BCUT2D eigenvalue weighted by molar-refractivity contribution is 14.0. The fourth-order valence-electron chi connectivity index (χ4n) is 4.29. The Hall–Kier alpha value is -1.20. The number of fused-ring (bicyclic) bond motifs is 1. The number of rotatable bonds is 7. The van der Waals surface area contributed by atoms with E-state index in [0.29, 0.717) is 12.6 Å². The van der Waals surface area contributed by atoms with Gasteiger partial charge in [0.25, 0.3) is 0 Å². The summed E-state index contributed by atoms with van der Waals surface area (Å²) in [5.41, 5.74) is 0. The normalized spacial score (nSPS) is 18.4. The molecule has 4 rings (SSSR count). The number of halogens is 1. The van der Waals surface area contributed by atoms with E-state index in [1.54, 1.807) is 0 Å². The van der Waals surface area contributed by atoms with Crippen LogP contribution in [0.3, 0.4) is 0 Å². The molecule has 0 amide bonds. The molecule has 0 saturated carbocycles. The van der Waals surface area contributed by atoms with Crippen molar-refractivity contribution in [3.8, 4) is 0 Å². The molecule has 9 heteroatoms. The van der Waals surface area contributed by atoms with Crippen molar-refractivity contribution < 1.29 is 0 Å². The minimum Gasteiger partial charge on any atom is -0.357 e. The number of aryl methyl sites for hydroxylation is 1.